The highest BCUT2D eigenvalue weighted by Crippen LogP contribution is 2.27. The van der Waals surface area contributed by atoms with Crippen molar-refractivity contribution in [1.29, 1.82) is 0 Å². The van der Waals surface area contributed by atoms with Gasteiger partial charge in [-0.3, -0.25) is 14.1 Å². The van der Waals surface area contributed by atoms with E-state index in [1.165, 1.54) is 6.20 Å². The number of hydrogen-bond acceptors (Lipinski definition) is 7. The average molecular weight is 540 g/mol. The van der Waals surface area contributed by atoms with E-state index in [1.807, 2.05) is 30.3 Å². The van der Waals surface area contributed by atoms with Crippen LogP contribution in [0.1, 0.15) is 18.0 Å². The van der Waals surface area contributed by atoms with Crippen LogP contribution < -0.4 is 9.64 Å². The van der Waals surface area contributed by atoms with Crippen LogP contribution in [0, 0.1) is 0 Å². The van der Waals surface area contributed by atoms with Gasteiger partial charge >= 0.3 is 12.5 Å². The van der Waals surface area contributed by atoms with Gasteiger partial charge in [-0.25, -0.2) is 4.79 Å². The zero-order valence-corrected chi connectivity index (χ0v) is 20.9. The number of aromatic nitrogens is 3. The molecule has 0 aliphatic carbocycles. The van der Waals surface area contributed by atoms with Crippen LogP contribution >= 0.6 is 0 Å². The summed E-state index contributed by atoms with van der Waals surface area (Å²) < 4.78 is 48.2. The van der Waals surface area contributed by atoms with E-state index in [0.29, 0.717) is 53.0 Å². The summed E-state index contributed by atoms with van der Waals surface area (Å²) >= 11 is 0. The van der Waals surface area contributed by atoms with Gasteiger partial charge in [0.2, 0.25) is 5.89 Å². The third-order valence-corrected chi connectivity index (χ3v) is 7.10. The number of rotatable bonds is 7. The lowest BCUT2D eigenvalue weighted by Crippen LogP contribution is -2.48. The number of amides is 2. The summed E-state index contributed by atoms with van der Waals surface area (Å²) in [5, 5.41) is 6.97. The van der Waals surface area contributed by atoms with Crippen LogP contribution in [-0.4, -0.2) is 54.9 Å². The number of anilines is 1. The SMILES string of the molecule is O=C(N1CCS(=O)CC1)N(Cc1ccc(-c2nnc(C(F)F)o2)cn1)c1ccc(Oc2ccccc2)cc1. The van der Waals surface area contributed by atoms with Crippen molar-refractivity contribution < 1.29 is 26.9 Å². The maximum atomic E-state index is 13.5. The maximum Gasteiger partial charge on any atom is 0.324 e. The molecule has 1 aliphatic heterocycles. The molecule has 9 nitrogen and oxygen atoms in total. The Kier molecular flexibility index (Phi) is 7.68. The van der Waals surface area contributed by atoms with Crippen molar-refractivity contribution in [2.75, 3.05) is 29.5 Å². The fourth-order valence-electron chi connectivity index (χ4n) is 3.83. The van der Waals surface area contributed by atoms with E-state index >= 15 is 0 Å². The van der Waals surface area contributed by atoms with Gasteiger partial charge in [0.25, 0.3) is 5.89 Å². The molecule has 0 bridgehead atoms. The monoisotopic (exact) mass is 539 g/mol. The molecule has 3 heterocycles. The Labute approximate surface area is 219 Å². The number of nitrogens with zero attached hydrogens (tertiary/aromatic N) is 5. The minimum Gasteiger partial charge on any atom is -0.457 e. The fourth-order valence-corrected chi connectivity index (χ4v) is 4.89. The second-order valence-corrected chi connectivity index (χ2v) is 10.1. The van der Waals surface area contributed by atoms with Crippen molar-refractivity contribution in [3.8, 4) is 23.0 Å². The molecular weight excluding hydrogens is 516 g/mol. The van der Waals surface area contributed by atoms with Crippen LogP contribution in [0.3, 0.4) is 0 Å². The molecule has 12 heteroatoms. The summed E-state index contributed by atoms with van der Waals surface area (Å²) in [4.78, 5) is 21.2. The highest BCUT2D eigenvalue weighted by molar-refractivity contribution is 7.85. The van der Waals surface area contributed by atoms with E-state index in [4.69, 9.17) is 9.15 Å². The molecule has 0 saturated carbocycles. The summed E-state index contributed by atoms with van der Waals surface area (Å²) in [6, 6.07) is 19.5. The van der Waals surface area contributed by atoms with Gasteiger partial charge in [-0.15, -0.1) is 10.2 Å². The lowest BCUT2D eigenvalue weighted by atomic mass is 10.2. The Balaban J connectivity index is 1.36. The molecule has 0 unspecified atom stereocenters. The molecule has 1 aliphatic rings. The first-order valence-corrected chi connectivity index (χ1v) is 13.3. The molecule has 38 heavy (non-hydrogen) atoms. The number of pyridine rings is 1. The summed E-state index contributed by atoms with van der Waals surface area (Å²) in [7, 11) is -0.926. The molecule has 2 amide bonds. The molecule has 1 saturated heterocycles. The molecule has 5 rings (SSSR count). The van der Waals surface area contributed by atoms with E-state index in [1.54, 1.807) is 46.2 Å². The second kappa shape index (κ2) is 11.5. The van der Waals surface area contributed by atoms with Crippen LogP contribution in [-0.2, 0) is 17.3 Å². The molecule has 0 N–H and O–H groups in total. The Hall–Kier alpha value is -4.19. The van der Waals surface area contributed by atoms with Crippen molar-refractivity contribution in [2.45, 2.75) is 13.0 Å². The molecule has 0 atom stereocenters. The second-order valence-electron chi connectivity index (χ2n) is 8.40. The number of alkyl halides is 2. The Morgan fingerprint density at radius 3 is 2.34 bits per heavy atom. The zero-order valence-electron chi connectivity index (χ0n) is 20.1. The third-order valence-electron chi connectivity index (χ3n) is 5.83. The van der Waals surface area contributed by atoms with Gasteiger partial charge < -0.3 is 14.1 Å². The van der Waals surface area contributed by atoms with Crippen molar-refractivity contribution >= 4 is 22.5 Å². The number of para-hydroxylation sites is 1. The predicted molar refractivity (Wildman–Crippen MR) is 136 cm³/mol. The molecular formula is C26H23F2N5O4S. The van der Waals surface area contributed by atoms with Crippen LogP contribution in [0.15, 0.2) is 77.3 Å². The maximum absolute atomic E-state index is 13.5. The van der Waals surface area contributed by atoms with Crippen molar-refractivity contribution in [2.24, 2.45) is 0 Å². The Morgan fingerprint density at radius 2 is 1.71 bits per heavy atom. The fraction of sp³-hybridized carbons (Fsp3) is 0.231. The first-order valence-electron chi connectivity index (χ1n) is 11.8. The molecule has 0 spiro atoms. The Bertz CT molecular complexity index is 1390. The van der Waals surface area contributed by atoms with Gasteiger partial charge in [0.1, 0.15) is 11.5 Å². The number of urea groups is 1. The van der Waals surface area contributed by atoms with Gasteiger partial charge in [-0.2, -0.15) is 8.78 Å². The van der Waals surface area contributed by atoms with Crippen molar-refractivity contribution in [3.05, 3.63) is 84.5 Å². The molecule has 2 aromatic carbocycles. The normalized spacial score (nSPS) is 14.0. The summed E-state index contributed by atoms with van der Waals surface area (Å²) in [6.07, 6.45) is -1.43. The van der Waals surface area contributed by atoms with E-state index in [-0.39, 0.29) is 18.5 Å². The van der Waals surface area contributed by atoms with E-state index in [2.05, 4.69) is 15.2 Å². The minimum atomic E-state index is -2.86. The number of carbonyl (C=O) groups is 1. The molecule has 0 radical (unpaired) electrons. The van der Waals surface area contributed by atoms with E-state index in [0.717, 1.165) is 0 Å². The van der Waals surface area contributed by atoms with Crippen LogP contribution in [0.4, 0.5) is 19.3 Å². The van der Waals surface area contributed by atoms with Gasteiger partial charge in [-0.1, -0.05) is 18.2 Å². The lowest BCUT2D eigenvalue weighted by molar-refractivity contribution is 0.116. The summed E-state index contributed by atoms with van der Waals surface area (Å²) in [6.45, 7) is 0.935. The molecule has 196 valence electrons. The van der Waals surface area contributed by atoms with Crippen LogP contribution in [0.25, 0.3) is 11.5 Å². The highest BCUT2D eigenvalue weighted by atomic mass is 32.2. The smallest absolute Gasteiger partial charge is 0.324 e. The minimum absolute atomic E-state index is 0.0670. The van der Waals surface area contributed by atoms with Gasteiger partial charge in [0.05, 0.1) is 17.8 Å². The third kappa shape index (κ3) is 6.02. The van der Waals surface area contributed by atoms with E-state index < -0.39 is 23.1 Å². The zero-order chi connectivity index (χ0) is 26.5. The van der Waals surface area contributed by atoms with Crippen molar-refractivity contribution in [3.63, 3.8) is 0 Å². The molecule has 1 fully saturated rings. The first-order chi connectivity index (χ1) is 18.5. The standard InChI is InChI=1S/C26H23F2N5O4S/c27-23(28)25-31-30-24(37-25)18-6-7-19(29-16-18)17-33(26(34)32-12-14-38(35)15-13-32)20-8-10-22(11-9-20)36-21-4-2-1-3-5-21/h1-11,16,23H,12-15,17H2. The number of halogens is 2. The van der Waals surface area contributed by atoms with Crippen LogP contribution in [0.2, 0.25) is 0 Å². The summed E-state index contributed by atoms with van der Waals surface area (Å²) in [5.41, 5.74) is 1.57. The molecule has 2 aromatic heterocycles. The van der Waals surface area contributed by atoms with Crippen LogP contribution in [0.5, 0.6) is 11.5 Å². The Morgan fingerprint density at radius 1 is 1.00 bits per heavy atom. The number of ether oxygens (including phenoxy) is 1. The molecule has 4 aromatic rings. The van der Waals surface area contributed by atoms with Gasteiger partial charge in [0.15, 0.2) is 0 Å². The topological polar surface area (TPSA) is 102 Å². The first kappa shape index (κ1) is 25.5. The largest absolute Gasteiger partial charge is 0.457 e. The summed E-state index contributed by atoms with van der Waals surface area (Å²) in [5.74, 6) is 1.35. The van der Waals surface area contributed by atoms with Crippen molar-refractivity contribution in [1.82, 2.24) is 20.1 Å². The van der Waals surface area contributed by atoms with E-state index in [9.17, 15) is 17.8 Å². The van der Waals surface area contributed by atoms with Gasteiger partial charge in [0, 0.05) is 47.3 Å². The number of hydrogen-bond donors (Lipinski definition) is 0. The predicted octanol–water partition coefficient (Wildman–Crippen LogP) is 5.05. The number of benzene rings is 2. The quantitative estimate of drug-likeness (QED) is 0.324. The average Bonchev–Trinajstić information content (AvgIpc) is 3.44. The van der Waals surface area contributed by atoms with Gasteiger partial charge in [-0.05, 0) is 48.5 Å². The highest BCUT2D eigenvalue weighted by Gasteiger charge is 2.26. The number of carbonyl (C=O) groups excluding carboxylic acids is 1. The lowest BCUT2D eigenvalue weighted by Gasteiger charge is -2.32.